The Hall–Kier alpha value is -11.3. The van der Waals surface area contributed by atoms with E-state index >= 15 is 0 Å². The third-order valence-electron chi connectivity index (χ3n) is 17.9. The van der Waals surface area contributed by atoms with Crippen molar-refractivity contribution in [2.45, 2.75) is 6.42 Å². The van der Waals surface area contributed by atoms with E-state index in [-0.39, 0.29) is 5.78 Å². The van der Waals surface area contributed by atoms with Crippen LogP contribution >= 0.6 is 0 Å². The van der Waals surface area contributed by atoms with Crippen LogP contribution < -0.4 is 0 Å². The van der Waals surface area contributed by atoms with Gasteiger partial charge in [0.25, 0.3) is 0 Å². The Balaban J connectivity index is 0.650. The summed E-state index contributed by atoms with van der Waals surface area (Å²) < 4.78 is 0. The number of fused-ring (bicyclic) bond motifs is 12. The zero-order valence-electron chi connectivity index (χ0n) is 47.8. The summed E-state index contributed by atoms with van der Waals surface area (Å²) in [6.07, 6.45) is 0.307. The predicted octanol–water partition coefficient (Wildman–Crippen LogP) is 23.4. The molecular weight excluding hydrogens is 1050 g/mol. The number of hydrogen-bond donors (Lipinski definition) is 0. The van der Waals surface area contributed by atoms with Gasteiger partial charge in [-0.1, -0.05) is 279 Å². The molecule has 0 atom stereocenters. The molecule has 406 valence electrons. The number of ketones is 1. The second kappa shape index (κ2) is 21.7. The van der Waals surface area contributed by atoms with Crippen LogP contribution in [0.4, 0.5) is 0 Å². The van der Waals surface area contributed by atoms with Crippen LogP contribution in [0.15, 0.2) is 328 Å². The number of rotatable bonds is 11. The minimum Gasteiger partial charge on any atom is -0.294 e. The lowest BCUT2D eigenvalue weighted by molar-refractivity contribution is 0.0993. The van der Waals surface area contributed by atoms with Gasteiger partial charge < -0.3 is 0 Å². The van der Waals surface area contributed by atoms with Gasteiger partial charge in [0.05, 0.1) is 0 Å². The molecule has 16 aromatic rings. The average molecular weight is 1110 g/mol. The van der Waals surface area contributed by atoms with Gasteiger partial charge in [0, 0.05) is 12.0 Å². The van der Waals surface area contributed by atoms with Crippen LogP contribution in [0.2, 0.25) is 0 Å². The summed E-state index contributed by atoms with van der Waals surface area (Å²) in [7, 11) is 0. The molecule has 0 amide bonds. The molecule has 1 heteroatoms. The molecule has 0 saturated heterocycles. The molecule has 0 unspecified atom stereocenters. The van der Waals surface area contributed by atoms with Crippen molar-refractivity contribution in [2.24, 2.45) is 0 Å². The molecular formula is C86H56O. The zero-order valence-corrected chi connectivity index (χ0v) is 47.8. The SMILES string of the molecule is O=C(Cc1ccc(-c2cc(-c3ccccc3)cc(-c3ccc(-c4ccc5c6ccccc6c6ccccc6c5c4)cc3)c2)cc1)c1ccc(-c2cc(-c3ccccc3)cc(-c3ccc(-c4ccc5c6ccccc6c6ccccc6c5c4)cc3)c2)cc1. The molecule has 0 saturated carbocycles. The highest BCUT2D eigenvalue weighted by Gasteiger charge is 2.16. The lowest BCUT2D eigenvalue weighted by Crippen LogP contribution is -2.03. The lowest BCUT2D eigenvalue weighted by atomic mass is 9.90. The van der Waals surface area contributed by atoms with Crippen LogP contribution in [0, 0.1) is 0 Å². The molecule has 1 nitrogen and oxygen atoms in total. The van der Waals surface area contributed by atoms with Crippen LogP contribution in [0.3, 0.4) is 0 Å². The molecule has 16 rings (SSSR count). The quantitative estimate of drug-likeness (QED) is 0.0932. The normalized spacial score (nSPS) is 11.5. The van der Waals surface area contributed by atoms with Crippen molar-refractivity contribution in [1.29, 1.82) is 0 Å². The van der Waals surface area contributed by atoms with E-state index in [4.69, 9.17) is 0 Å². The number of hydrogen-bond acceptors (Lipinski definition) is 1. The standard InChI is InChI=1S/C86H56O/c87-86(65-41-39-64(40-42-65)73-51-69(58-17-5-2-6-18-58)50-72(53-73)63-37-33-60(34-38-63)67-44-46-83-79-24-10-8-20-75(79)77-22-12-14-26-81(77)85(83)55-67)47-56-27-29-61(30-28-56)70-48-68(57-15-3-1-4-16-57)49-71(52-70)62-35-31-59(32-36-62)66-43-45-82-78-23-9-7-19-74(78)76-21-11-13-25-80(76)84(82)54-66/h1-46,48-55H,47H2. The Bertz CT molecular complexity index is 5240. The van der Waals surface area contributed by atoms with Crippen molar-refractivity contribution in [2.75, 3.05) is 0 Å². The van der Waals surface area contributed by atoms with Crippen LogP contribution in [0.25, 0.3) is 154 Å². The third-order valence-corrected chi connectivity index (χ3v) is 17.9. The second-order valence-electron chi connectivity index (χ2n) is 23.1. The maximum atomic E-state index is 14.1. The maximum Gasteiger partial charge on any atom is 0.167 e. The van der Waals surface area contributed by atoms with E-state index in [1.165, 1.54) is 86.9 Å². The molecule has 0 aliphatic rings. The fraction of sp³-hybridized carbons (Fsp3) is 0.0116. The summed E-state index contributed by atoms with van der Waals surface area (Å²) in [5, 5.41) is 15.3. The molecule has 16 aromatic carbocycles. The number of benzene rings is 16. The Morgan fingerprint density at radius 2 is 0.391 bits per heavy atom. The lowest BCUT2D eigenvalue weighted by Gasteiger charge is -2.14. The molecule has 87 heavy (non-hydrogen) atoms. The Kier molecular flexibility index (Phi) is 12.8. The fourth-order valence-electron chi connectivity index (χ4n) is 13.4. The van der Waals surface area contributed by atoms with Crippen LogP contribution in [0.1, 0.15) is 15.9 Å². The highest BCUT2D eigenvalue weighted by atomic mass is 16.1. The van der Waals surface area contributed by atoms with E-state index in [9.17, 15) is 4.79 Å². The molecule has 0 fully saturated rings. The second-order valence-corrected chi connectivity index (χ2v) is 23.1. The van der Waals surface area contributed by atoms with Gasteiger partial charge in [-0.15, -0.1) is 0 Å². The van der Waals surface area contributed by atoms with Crippen LogP contribution in [-0.2, 0) is 6.42 Å². The molecule has 0 heterocycles. The van der Waals surface area contributed by atoms with Gasteiger partial charge in [-0.25, -0.2) is 0 Å². The summed E-state index contributed by atoms with van der Waals surface area (Å²) in [5.74, 6) is 0.0865. The predicted molar refractivity (Wildman–Crippen MR) is 369 cm³/mol. The zero-order chi connectivity index (χ0) is 57.8. The molecule has 0 aromatic heterocycles. The largest absolute Gasteiger partial charge is 0.294 e. The first-order chi connectivity index (χ1) is 43.0. The van der Waals surface area contributed by atoms with Gasteiger partial charge in [0.2, 0.25) is 0 Å². The molecule has 0 spiro atoms. The van der Waals surface area contributed by atoms with Gasteiger partial charge >= 0.3 is 0 Å². The van der Waals surface area contributed by atoms with Crippen molar-refractivity contribution >= 4 is 70.4 Å². The van der Waals surface area contributed by atoms with E-state index in [0.717, 1.165) is 72.3 Å². The first kappa shape index (κ1) is 51.4. The Morgan fingerprint density at radius 3 is 0.701 bits per heavy atom. The Morgan fingerprint density at radius 1 is 0.172 bits per heavy atom. The van der Waals surface area contributed by atoms with Gasteiger partial charge in [0.15, 0.2) is 5.78 Å². The van der Waals surface area contributed by atoms with Crippen molar-refractivity contribution < 1.29 is 4.79 Å². The molecule has 0 radical (unpaired) electrons. The van der Waals surface area contributed by atoms with E-state index in [0.29, 0.717) is 12.0 Å². The fourth-order valence-corrected chi connectivity index (χ4v) is 13.4. The van der Waals surface area contributed by atoms with Crippen molar-refractivity contribution in [3.8, 4) is 89.0 Å². The summed E-state index contributed by atoms with van der Waals surface area (Å²) in [4.78, 5) is 14.1. The van der Waals surface area contributed by atoms with Gasteiger partial charge in [0.1, 0.15) is 0 Å². The first-order valence-electron chi connectivity index (χ1n) is 30.0. The van der Waals surface area contributed by atoms with E-state index in [1.54, 1.807) is 0 Å². The van der Waals surface area contributed by atoms with Crippen molar-refractivity contribution in [3.63, 3.8) is 0 Å². The Labute approximate surface area is 506 Å². The summed E-state index contributed by atoms with van der Waals surface area (Å²) in [6.45, 7) is 0. The third kappa shape index (κ3) is 9.62. The molecule has 0 aliphatic heterocycles. The minimum atomic E-state index is 0.0865. The monoisotopic (exact) mass is 1100 g/mol. The smallest absolute Gasteiger partial charge is 0.167 e. The number of carbonyl (C=O) groups is 1. The van der Waals surface area contributed by atoms with Crippen LogP contribution in [-0.4, -0.2) is 5.78 Å². The van der Waals surface area contributed by atoms with Crippen molar-refractivity contribution in [3.05, 3.63) is 339 Å². The average Bonchev–Trinajstić information content (AvgIpc) is 1.51. The first-order valence-corrected chi connectivity index (χ1v) is 30.0. The molecule has 0 bridgehead atoms. The molecule has 0 N–H and O–H groups in total. The highest BCUT2D eigenvalue weighted by molar-refractivity contribution is 6.27. The van der Waals surface area contributed by atoms with E-state index < -0.39 is 0 Å². The molecule has 0 aliphatic carbocycles. The summed E-state index contributed by atoms with van der Waals surface area (Å²) in [6, 6.07) is 118. The van der Waals surface area contributed by atoms with Gasteiger partial charge in [-0.05, 0) is 208 Å². The summed E-state index contributed by atoms with van der Waals surface area (Å²) >= 11 is 0. The van der Waals surface area contributed by atoms with E-state index in [2.05, 4.69) is 315 Å². The summed E-state index contributed by atoms with van der Waals surface area (Å²) in [5.41, 5.74) is 20.0. The number of Topliss-reactive ketones (excluding diaryl/α,β-unsaturated/α-hetero) is 1. The minimum absolute atomic E-state index is 0.0865. The van der Waals surface area contributed by atoms with Crippen molar-refractivity contribution in [1.82, 2.24) is 0 Å². The van der Waals surface area contributed by atoms with Crippen LogP contribution in [0.5, 0.6) is 0 Å². The number of carbonyl (C=O) groups excluding carboxylic acids is 1. The maximum absolute atomic E-state index is 14.1. The van der Waals surface area contributed by atoms with E-state index in [1.807, 2.05) is 12.1 Å². The topological polar surface area (TPSA) is 17.1 Å². The van der Waals surface area contributed by atoms with Gasteiger partial charge in [-0.2, -0.15) is 0 Å². The van der Waals surface area contributed by atoms with Gasteiger partial charge in [-0.3, -0.25) is 4.79 Å². The highest BCUT2D eigenvalue weighted by Crippen LogP contribution is 2.41.